The first-order chi connectivity index (χ1) is 12.8. The summed E-state index contributed by atoms with van der Waals surface area (Å²) in [5.74, 6) is 1.41. The van der Waals surface area contributed by atoms with Crippen molar-refractivity contribution in [3.05, 3.63) is 36.0 Å². The third-order valence-corrected chi connectivity index (χ3v) is 6.32. The van der Waals surface area contributed by atoms with E-state index < -0.39 is 0 Å². The van der Waals surface area contributed by atoms with E-state index in [4.69, 9.17) is 15.1 Å². The van der Waals surface area contributed by atoms with Crippen LogP contribution in [0.5, 0.6) is 0 Å². The molecule has 2 N–H and O–H groups in total. The maximum atomic E-state index is 6.12. The Morgan fingerprint density at radius 3 is 2.73 bits per heavy atom. The minimum Gasteiger partial charge on any atom is -0.464 e. The molecule has 4 heterocycles. The first kappa shape index (κ1) is 15.8. The lowest BCUT2D eigenvalue weighted by atomic mass is 9.95. The van der Waals surface area contributed by atoms with Crippen LogP contribution in [0, 0.1) is 0 Å². The molecule has 6 heteroatoms. The van der Waals surface area contributed by atoms with Crippen molar-refractivity contribution in [2.45, 2.75) is 44.9 Å². The summed E-state index contributed by atoms with van der Waals surface area (Å²) in [6.45, 7) is 0. The van der Waals surface area contributed by atoms with E-state index in [0.29, 0.717) is 5.82 Å². The van der Waals surface area contributed by atoms with Gasteiger partial charge in [-0.05, 0) is 43.4 Å². The molecule has 0 bridgehead atoms. The summed E-state index contributed by atoms with van der Waals surface area (Å²) >= 11 is 1.59. The van der Waals surface area contributed by atoms with Crippen LogP contribution in [0.15, 0.2) is 29.1 Å². The highest BCUT2D eigenvalue weighted by Gasteiger charge is 2.23. The minimum absolute atomic E-state index is 0.521. The lowest BCUT2D eigenvalue weighted by Crippen LogP contribution is -2.01. The van der Waals surface area contributed by atoms with Gasteiger partial charge in [-0.25, -0.2) is 15.0 Å². The second kappa shape index (κ2) is 6.36. The average molecular weight is 364 g/mol. The molecule has 1 aliphatic rings. The van der Waals surface area contributed by atoms with Gasteiger partial charge in [0.25, 0.3) is 0 Å². The second-order valence-corrected chi connectivity index (χ2v) is 7.88. The summed E-state index contributed by atoms with van der Waals surface area (Å²) in [5, 5.41) is 1.06. The summed E-state index contributed by atoms with van der Waals surface area (Å²) in [5.41, 5.74) is 10.7. The monoisotopic (exact) mass is 364 g/mol. The van der Waals surface area contributed by atoms with E-state index >= 15 is 0 Å². The van der Waals surface area contributed by atoms with Crippen LogP contribution in [-0.2, 0) is 12.8 Å². The van der Waals surface area contributed by atoms with Gasteiger partial charge in [0.15, 0.2) is 0 Å². The number of rotatable bonds is 1. The molecule has 5 rings (SSSR count). The van der Waals surface area contributed by atoms with Crippen molar-refractivity contribution in [3.8, 4) is 11.3 Å². The van der Waals surface area contributed by atoms with Crippen molar-refractivity contribution in [3.63, 3.8) is 0 Å². The van der Waals surface area contributed by atoms with Gasteiger partial charge in [-0.1, -0.05) is 19.3 Å². The molecule has 0 unspecified atom stereocenters. The molecule has 0 saturated heterocycles. The zero-order chi connectivity index (χ0) is 17.5. The minimum atomic E-state index is 0.521. The number of aryl methyl sites for hydroxylation is 1. The lowest BCUT2D eigenvalue weighted by Gasteiger charge is -2.13. The molecule has 0 saturated carbocycles. The number of nitrogen functional groups attached to an aromatic ring is 1. The highest BCUT2D eigenvalue weighted by molar-refractivity contribution is 7.26. The fraction of sp³-hybridized carbons (Fsp3) is 0.350. The number of hydrogen-bond donors (Lipinski definition) is 1. The van der Waals surface area contributed by atoms with Crippen LogP contribution in [0.2, 0.25) is 0 Å². The van der Waals surface area contributed by atoms with Gasteiger partial charge in [0.05, 0.1) is 16.5 Å². The van der Waals surface area contributed by atoms with Crippen LogP contribution in [0.3, 0.4) is 0 Å². The Balaban J connectivity index is 1.90. The van der Waals surface area contributed by atoms with Gasteiger partial charge >= 0.3 is 0 Å². The molecule has 0 spiro atoms. The smallest absolute Gasteiger partial charge is 0.144 e. The van der Waals surface area contributed by atoms with E-state index in [1.165, 1.54) is 49.7 Å². The molecule has 4 aromatic heterocycles. The Kier molecular flexibility index (Phi) is 3.85. The molecule has 0 radical (unpaired) electrons. The SMILES string of the molecule is Nc1ncnc2c1sc1nc3c(c(-c4ccco4)c12)CCCCCCC3. The first-order valence-corrected chi connectivity index (χ1v) is 10.0. The number of anilines is 1. The zero-order valence-electron chi connectivity index (χ0n) is 14.5. The Morgan fingerprint density at radius 2 is 1.88 bits per heavy atom. The van der Waals surface area contributed by atoms with E-state index in [1.807, 2.05) is 12.1 Å². The topological polar surface area (TPSA) is 77.8 Å². The summed E-state index contributed by atoms with van der Waals surface area (Å²) in [6, 6.07) is 3.98. The third kappa shape index (κ3) is 2.48. The maximum Gasteiger partial charge on any atom is 0.144 e. The number of fused-ring (bicyclic) bond motifs is 4. The van der Waals surface area contributed by atoms with Crippen LogP contribution in [0.1, 0.15) is 43.4 Å². The van der Waals surface area contributed by atoms with Crippen molar-refractivity contribution in [2.24, 2.45) is 0 Å². The predicted molar refractivity (Wildman–Crippen MR) is 105 cm³/mol. The molecule has 0 aliphatic heterocycles. The summed E-state index contributed by atoms with van der Waals surface area (Å²) in [4.78, 5) is 14.8. The van der Waals surface area contributed by atoms with Crippen LogP contribution in [-0.4, -0.2) is 15.0 Å². The van der Waals surface area contributed by atoms with Crippen LogP contribution in [0.4, 0.5) is 5.82 Å². The predicted octanol–water partition coefficient (Wildman–Crippen LogP) is 5.13. The third-order valence-electron chi connectivity index (χ3n) is 5.23. The summed E-state index contributed by atoms with van der Waals surface area (Å²) in [6.07, 6.45) is 11.6. The molecular formula is C20H20N4OS. The van der Waals surface area contributed by atoms with Gasteiger partial charge in [-0.3, -0.25) is 0 Å². The molecule has 0 fully saturated rings. The van der Waals surface area contributed by atoms with Crippen molar-refractivity contribution < 1.29 is 4.42 Å². The Bertz CT molecular complexity index is 1080. The molecular weight excluding hydrogens is 344 g/mol. The molecule has 0 amide bonds. The van der Waals surface area contributed by atoms with Crippen LogP contribution >= 0.6 is 11.3 Å². The van der Waals surface area contributed by atoms with Gasteiger partial charge in [-0.2, -0.15) is 0 Å². The number of aromatic nitrogens is 3. The number of hydrogen-bond acceptors (Lipinski definition) is 6. The highest BCUT2D eigenvalue weighted by Crippen LogP contribution is 2.43. The van der Waals surface area contributed by atoms with Gasteiger partial charge in [0.2, 0.25) is 0 Å². The Labute approximate surface area is 155 Å². The summed E-state index contributed by atoms with van der Waals surface area (Å²) < 4.78 is 6.76. The lowest BCUT2D eigenvalue weighted by molar-refractivity contribution is 0.581. The Hall–Kier alpha value is -2.47. The average Bonchev–Trinajstić information content (AvgIpc) is 3.30. The molecule has 5 nitrogen and oxygen atoms in total. The number of furan rings is 1. The van der Waals surface area contributed by atoms with Gasteiger partial charge < -0.3 is 10.2 Å². The number of nitrogens with zero attached hydrogens (tertiary/aromatic N) is 3. The molecule has 0 atom stereocenters. The standard InChI is InChI=1S/C20H20N4OS/c21-19-18-17(22-11-23-19)16-15(14-9-6-10-25-14)12-7-4-2-1-3-5-8-13(12)24-20(16)26-18/h6,9-11H,1-5,7-8H2,(H2,21,22,23). The van der Waals surface area contributed by atoms with E-state index in [9.17, 15) is 0 Å². The molecule has 1 aliphatic carbocycles. The van der Waals surface area contributed by atoms with Gasteiger partial charge in [0.1, 0.15) is 22.7 Å². The molecule has 0 aromatic carbocycles. The van der Waals surface area contributed by atoms with Crippen molar-refractivity contribution >= 4 is 37.6 Å². The number of thiophene rings is 1. The van der Waals surface area contributed by atoms with E-state index in [2.05, 4.69) is 9.97 Å². The maximum absolute atomic E-state index is 6.12. The fourth-order valence-corrected chi connectivity index (χ4v) is 5.06. The fourth-order valence-electron chi connectivity index (χ4n) is 4.00. The molecule has 132 valence electrons. The van der Waals surface area contributed by atoms with Gasteiger partial charge in [0, 0.05) is 16.6 Å². The normalized spacial score (nSPS) is 15.5. The highest BCUT2D eigenvalue weighted by atomic mass is 32.1. The van der Waals surface area contributed by atoms with E-state index in [-0.39, 0.29) is 0 Å². The van der Waals surface area contributed by atoms with Crippen molar-refractivity contribution in [2.75, 3.05) is 5.73 Å². The van der Waals surface area contributed by atoms with Crippen LogP contribution < -0.4 is 5.73 Å². The summed E-state index contributed by atoms with van der Waals surface area (Å²) in [7, 11) is 0. The number of pyridine rings is 1. The quantitative estimate of drug-likeness (QED) is 0.506. The van der Waals surface area contributed by atoms with Crippen LogP contribution in [0.25, 0.3) is 31.8 Å². The number of nitrogens with two attached hydrogens (primary N) is 1. The van der Waals surface area contributed by atoms with E-state index in [0.717, 1.165) is 44.6 Å². The molecule has 26 heavy (non-hydrogen) atoms. The second-order valence-electron chi connectivity index (χ2n) is 6.88. The van der Waals surface area contributed by atoms with E-state index in [1.54, 1.807) is 17.6 Å². The largest absolute Gasteiger partial charge is 0.464 e. The Morgan fingerprint density at radius 1 is 1.04 bits per heavy atom. The van der Waals surface area contributed by atoms with Crippen molar-refractivity contribution in [1.82, 2.24) is 15.0 Å². The first-order valence-electron chi connectivity index (χ1n) is 9.21. The van der Waals surface area contributed by atoms with Gasteiger partial charge in [-0.15, -0.1) is 11.3 Å². The molecule has 4 aromatic rings. The van der Waals surface area contributed by atoms with Crippen molar-refractivity contribution in [1.29, 1.82) is 0 Å². The zero-order valence-corrected chi connectivity index (χ0v) is 15.3.